The summed E-state index contributed by atoms with van der Waals surface area (Å²) >= 11 is 0. The highest BCUT2D eigenvalue weighted by molar-refractivity contribution is 5.98. The number of benzene rings is 1. The van der Waals surface area contributed by atoms with Crippen LogP contribution in [-0.2, 0) is 14.3 Å². The quantitative estimate of drug-likeness (QED) is 0.445. The smallest absolute Gasteiger partial charge is 0.349 e. The number of amides is 1. The fourth-order valence-electron chi connectivity index (χ4n) is 1.93. The van der Waals surface area contributed by atoms with Crippen molar-refractivity contribution in [3.8, 4) is 6.07 Å². The van der Waals surface area contributed by atoms with E-state index in [-0.39, 0.29) is 11.5 Å². The summed E-state index contributed by atoms with van der Waals surface area (Å²) in [5.41, 5.74) is 1.57. The normalized spacial score (nSPS) is 11.0. The molecule has 0 radical (unpaired) electrons. The van der Waals surface area contributed by atoms with E-state index in [1.807, 2.05) is 37.2 Å². The van der Waals surface area contributed by atoms with Crippen molar-refractivity contribution in [1.29, 1.82) is 5.26 Å². The van der Waals surface area contributed by atoms with E-state index < -0.39 is 12.6 Å². The molecular weight excluding hydrogens is 318 g/mol. The van der Waals surface area contributed by atoms with Crippen molar-refractivity contribution in [2.45, 2.75) is 20.3 Å². The molecule has 0 aliphatic rings. The lowest BCUT2D eigenvalue weighted by molar-refractivity contribution is -0.144. The predicted molar refractivity (Wildman–Crippen MR) is 97.8 cm³/mol. The molecule has 1 rings (SSSR count). The van der Waals surface area contributed by atoms with Gasteiger partial charge in [0.05, 0.1) is 0 Å². The maximum Gasteiger partial charge on any atom is 0.349 e. The van der Waals surface area contributed by atoms with Crippen molar-refractivity contribution in [1.82, 2.24) is 5.32 Å². The van der Waals surface area contributed by atoms with Crippen LogP contribution in [0.2, 0.25) is 0 Å². The van der Waals surface area contributed by atoms with Gasteiger partial charge in [-0.25, -0.2) is 4.79 Å². The number of nitrogens with zero attached hydrogens (tertiary/aromatic N) is 2. The average molecular weight is 343 g/mol. The largest absolute Gasteiger partial charge is 0.451 e. The summed E-state index contributed by atoms with van der Waals surface area (Å²) in [7, 11) is 3.85. The Morgan fingerprint density at radius 1 is 1.28 bits per heavy atom. The first-order valence-corrected chi connectivity index (χ1v) is 8.16. The number of carbonyl (C=O) groups excluding carboxylic acids is 2. The van der Waals surface area contributed by atoms with Crippen LogP contribution in [0.5, 0.6) is 0 Å². The third-order valence-corrected chi connectivity index (χ3v) is 3.44. The van der Waals surface area contributed by atoms with Crippen LogP contribution in [0, 0.1) is 17.2 Å². The van der Waals surface area contributed by atoms with Gasteiger partial charge in [0.25, 0.3) is 5.91 Å². The van der Waals surface area contributed by atoms with Crippen LogP contribution >= 0.6 is 0 Å². The molecule has 0 heterocycles. The number of nitriles is 1. The number of anilines is 1. The van der Waals surface area contributed by atoms with Crippen LogP contribution in [0.25, 0.3) is 6.08 Å². The molecule has 1 aromatic rings. The van der Waals surface area contributed by atoms with E-state index in [4.69, 9.17) is 10.00 Å². The highest BCUT2D eigenvalue weighted by Crippen LogP contribution is 2.15. The standard InChI is InChI=1S/C19H25N3O3/c1-14(2)9-10-21-18(23)13-25-19(24)16(12-20)11-15-5-7-17(8-6-15)22(3)4/h5-8,11,14H,9-10,13H2,1-4H3,(H,21,23)/b16-11+. The summed E-state index contributed by atoms with van der Waals surface area (Å²) in [5.74, 6) is -0.699. The minimum Gasteiger partial charge on any atom is -0.451 e. The number of rotatable bonds is 8. The Balaban J connectivity index is 2.59. The number of esters is 1. The Morgan fingerprint density at radius 2 is 1.92 bits per heavy atom. The van der Waals surface area contributed by atoms with Crippen molar-refractivity contribution in [3.05, 3.63) is 35.4 Å². The van der Waals surface area contributed by atoms with Gasteiger partial charge >= 0.3 is 5.97 Å². The maximum absolute atomic E-state index is 11.9. The number of hydrogen-bond acceptors (Lipinski definition) is 5. The third kappa shape index (κ3) is 7.53. The van der Waals surface area contributed by atoms with Crippen molar-refractivity contribution in [3.63, 3.8) is 0 Å². The number of nitrogens with one attached hydrogen (secondary N) is 1. The van der Waals surface area contributed by atoms with Gasteiger partial charge in [-0.3, -0.25) is 4.79 Å². The van der Waals surface area contributed by atoms with E-state index in [2.05, 4.69) is 19.2 Å². The van der Waals surface area contributed by atoms with Gasteiger partial charge in [-0.15, -0.1) is 0 Å². The Bertz CT molecular complexity index is 655. The van der Waals surface area contributed by atoms with Gasteiger partial charge < -0.3 is 15.0 Å². The molecule has 1 amide bonds. The van der Waals surface area contributed by atoms with Crippen LogP contribution in [0.15, 0.2) is 29.8 Å². The zero-order chi connectivity index (χ0) is 18.8. The monoisotopic (exact) mass is 343 g/mol. The molecule has 6 heteroatoms. The second kappa shape index (κ2) is 10.1. The zero-order valence-corrected chi connectivity index (χ0v) is 15.2. The molecule has 134 valence electrons. The number of hydrogen-bond donors (Lipinski definition) is 1. The lowest BCUT2D eigenvalue weighted by Gasteiger charge is -2.11. The van der Waals surface area contributed by atoms with E-state index in [0.29, 0.717) is 18.0 Å². The van der Waals surface area contributed by atoms with Crippen molar-refractivity contribution in [2.24, 2.45) is 5.92 Å². The van der Waals surface area contributed by atoms with Crippen LogP contribution in [0.1, 0.15) is 25.8 Å². The van der Waals surface area contributed by atoms with E-state index in [1.54, 1.807) is 12.1 Å². The van der Waals surface area contributed by atoms with Gasteiger partial charge in [0.15, 0.2) is 6.61 Å². The van der Waals surface area contributed by atoms with Crippen LogP contribution in [-0.4, -0.2) is 39.1 Å². The Labute approximate surface area is 149 Å². The lowest BCUT2D eigenvalue weighted by atomic mass is 10.1. The summed E-state index contributed by atoms with van der Waals surface area (Å²) in [5, 5.41) is 11.8. The molecule has 1 N–H and O–H groups in total. The Kier molecular flexibility index (Phi) is 8.21. The van der Waals surface area contributed by atoms with E-state index >= 15 is 0 Å². The third-order valence-electron chi connectivity index (χ3n) is 3.44. The highest BCUT2D eigenvalue weighted by Gasteiger charge is 2.13. The first-order valence-electron chi connectivity index (χ1n) is 8.16. The molecule has 0 aliphatic heterocycles. The van der Waals surface area contributed by atoms with Crippen LogP contribution < -0.4 is 10.2 Å². The summed E-state index contributed by atoms with van der Waals surface area (Å²) in [6.07, 6.45) is 2.30. The first kappa shape index (κ1) is 20.2. The van der Waals surface area contributed by atoms with Crippen molar-refractivity contribution >= 4 is 23.6 Å². The highest BCUT2D eigenvalue weighted by atomic mass is 16.5. The van der Waals surface area contributed by atoms with Crippen molar-refractivity contribution in [2.75, 3.05) is 32.1 Å². The zero-order valence-electron chi connectivity index (χ0n) is 15.2. The molecule has 0 bridgehead atoms. The molecule has 0 atom stereocenters. The molecule has 25 heavy (non-hydrogen) atoms. The second-order valence-electron chi connectivity index (χ2n) is 6.26. The molecule has 1 aromatic carbocycles. The molecule has 0 aliphatic carbocycles. The molecule has 0 spiro atoms. The molecular formula is C19H25N3O3. The maximum atomic E-state index is 11.9. The van der Waals surface area contributed by atoms with Crippen LogP contribution in [0.4, 0.5) is 5.69 Å². The summed E-state index contributed by atoms with van der Waals surface area (Å²) in [6, 6.07) is 9.19. The molecule has 0 aromatic heterocycles. The van der Waals surface area contributed by atoms with E-state index in [1.165, 1.54) is 6.08 Å². The first-order chi connectivity index (χ1) is 11.8. The van der Waals surface area contributed by atoms with Gasteiger partial charge in [0.2, 0.25) is 0 Å². The number of carbonyl (C=O) groups is 2. The van der Waals surface area contributed by atoms with Gasteiger partial charge in [0, 0.05) is 26.3 Å². The number of ether oxygens (including phenoxy) is 1. The average Bonchev–Trinajstić information content (AvgIpc) is 2.57. The van der Waals surface area contributed by atoms with Gasteiger partial charge in [-0.2, -0.15) is 5.26 Å². The van der Waals surface area contributed by atoms with Crippen molar-refractivity contribution < 1.29 is 14.3 Å². The van der Waals surface area contributed by atoms with E-state index in [9.17, 15) is 9.59 Å². The summed E-state index contributed by atoms with van der Waals surface area (Å²) < 4.78 is 4.90. The Hall–Kier alpha value is -2.81. The fourth-order valence-corrected chi connectivity index (χ4v) is 1.93. The minimum absolute atomic E-state index is 0.146. The second-order valence-corrected chi connectivity index (χ2v) is 6.26. The Morgan fingerprint density at radius 3 is 2.44 bits per heavy atom. The van der Waals surface area contributed by atoms with Gasteiger partial charge in [-0.1, -0.05) is 26.0 Å². The summed E-state index contributed by atoms with van der Waals surface area (Å²) in [4.78, 5) is 25.5. The molecule has 6 nitrogen and oxygen atoms in total. The lowest BCUT2D eigenvalue weighted by Crippen LogP contribution is -2.30. The minimum atomic E-state index is -0.807. The fraction of sp³-hybridized carbons (Fsp3) is 0.421. The molecule has 0 fully saturated rings. The topological polar surface area (TPSA) is 82.4 Å². The molecule has 0 unspecified atom stereocenters. The molecule has 0 saturated heterocycles. The SMILES string of the molecule is CC(C)CCNC(=O)COC(=O)/C(C#N)=C/c1ccc(N(C)C)cc1. The van der Waals surface area contributed by atoms with Gasteiger partial charge in [-0.05, 0) is 36.1 Å². The summed E-state index contributed by atoms with van der Waals surface area (Å²) in [6.45, 7) is 4.26. The van der Waals surface area contributed by atoms with Gasteiger partial charge in [0.1, 0.15) is 11.6 Å². The van der Waals surface area contributed by atoms with Crippen LogP contribution in [0.3, 0.4) is 0 Å². The molecule has 0 saturated carbocycles. The van der Waals surface area contributed by atoms with E-state index in [0.717, 1.165) is 12.1 Å². The predicted octanol–water partition coefficient (Wildman–Crippen LogP) is 2.37.